The summed E-state index contributed by atoms with van der Waals surface area (Å²) < 4.78 is 0. The number of rotatable bonds is 0. The van der Waals surface area contributed by atoms with E-state index in [0.29, 0.717) is 6.54 Å². The van der Waals surface area contributed by atoms with Crippen LogP contribution in [0, 0.1) is 0 Å². The molecule has 1 unspecified atom stereocenters. The second-order valence-electron chi connectivity index (χ2n) is 4.07. The third-order valence-corrected chi connectivity index (χ3v) is 3.07. The number of nitrogens with one attached hydrogen (secondary N) is 1. The second-order valence-corrected chi connectivity index (χ2v) is 4.07. The summed E-state index contributed by atoms with van der Waals surface area (Å²) in [5.41, 5.74) is 2.03. The smallest absolute Gasteiger partial charge is 0.241 e. The molecule has 0 bridgehead atoms. The molecule has 2 aliphatic heterocycles. The molecule has 0 aliphatic carbocycles. The molecule has 0 spiro atoms. The topological polar surface area (TPSA) is 52.6 Å². The maximum absolute atomic E-state index is 11.7. The van der Waals surface area contributed by atoms with Crippen molar-refractivity contribution in [2.45, 2.75) is 12.5 Å². The fourth-order valence-electron chi connectivity index (χ4n) is 2.44. The maximum Gasteiger partial charge on any atom is 0.241 e. The van der Waals surface area contributed by atoms with Crippen LogP contribution in [-0.2, 0) is 11.2 Å². The van der Waals surface area contributed by atoms with Crippen molar-refractivity contribution in [2.24, 2.45) is 0 Å². The van der Waals surface area contributed by atoms with Crippen LogP contribution in [0.4, 0.5) is 5.69 Å². The second kappa shape index (κ2) is 2.97. The molecule has 3 rings (SSSR count). The third kappa shape index (κ3) is 1.22. The van der Waals surface area contributed by atoms with E-state index in [4.69, 9.17) is 0 Å². The van der Waals surface area contributed by atoms with Gasteiger partial charge in [0.15, 0.2) is 0 Å². The molecular weight excluding hydrogens is 192 g/mol. The van der Waals surface area contributed by atoms with Crippen molar-refractivity contribution in [3.05, 3.63) is 23.8 Å². The standard InChI is InChI=1S/C11H12N2O2/c14-9-1-2-10-7(4-9)3-8-5-12-6-11(15)13(8)10/h1-2,4,8,12,14H,3,5-6H2. The fraction of sp³-hybridized carbons (Fsp3) is 0.364. The Balaban J connectivity index is 2.07. The number of phenolic OH excluding ortho intramolecular Hbond substituents is 1. The molecule has 78 valence electrons. The SMILES string of the molecule is O=C1CNCC2Cc3cc(O)ccc3N12. The predicted octanol–water partition coefficient (Wildman–Crippen LogP) is 0.253. The molecule has 1 atom stereocenters. The van der Waals surface area contributed by atoms with Crippen molar-refractivity contribution >= 4 is 11.6 Å². The predicted molar refractivity (Wildman–Crippen MR) is 56.0 cm³/mol. The van der Waals surface area contributed by atoms with Gasteiger partial charge in [0.05, 0.1) is 12.6 Å². The lowest BCUT2D eigenvalue weighted by molar-refractivity contribution is -0.119. The first kappa shape index (κ1) is 8.73. The van der Waals surface area contributed by atoms with Crippen LogP contribution in [0.1, 0.15) is 5.56 Å². The Morgan fingerprint density at radius 2 is 2.33 bits per heavy atom. The Morgan fingerprint density at radius 1 is 1.47 bits per heavy atom. The van der Waals surface area contributed by atoms with Gasteiger partial charge in [-0.05, 0) is 30.2 Å². The molecule has 15 heavy (non-hydrogen) atoms. The average Bonchev–Trinajstić information content (AvgIpc) is 2.56. The van der Waals surface area contributed by atoms with Gasteiger partial charge in [-0.25, -0.2) is 0 Å². The average molecular weight is 204 g/mol. The van der Waals surface area contributed by atoms with Crippen molar-refractivity contribution < 1.29 is 9.90 Å². The Bertz CT molecular complexity index is 431. The van der Waals surface area contributed by atoms with E-state index in [1.54, 1.807) is 12.1 Å². The van der Waals surface area contributed by atoms with Crippen LogP contribution in [0.25, 0.3) is 0 Å². The van der Waals surface area contributed by atoms with Crippen LogP contribution >= 0.6 is 0 Å². The highest BCUT2D eigenvalue weighted by atomic mass is 16.3. The van der Waals surface area contributed by atoms with Gasteiger partial charge in [-0.3, -0.25) is 4.79 Å². The monoisotopic (exact) mass is 204 g/mol. The fourth-order valence-corrected chi connectivity index (χ4v) is 2.44. The van der Waals surface area contributed by atoms with Crippen molar-refractivity contribution in [3.63, 3.8) is 0 Å². The van der Waals surface area contributed by atoms with Crippen molar-refractivity contribution in [3.8, 4) is 5.75 Å². The summed E-state index contributed by atoms with van der Waals surface area (Å²) in [4.78, 5) is 13.6. The summed E-state index contributed by atoms with van der Waals surface area (Å²) in [6.07, 6.45) is 0.836. The Labute approximate surface area is 87.5 Å². The lowest BCUT2D eigenvalue weighted by Crippen LogP contribution is -2.53. The number of aromatic hydroxyl groups is 1. The zero-order chi connectivity index (χ0) is 10.4. The Kier molecular flexibility index (Phi) is 1.73. The normalized spacial score (nSPS) is 23.9. The molecule has 2 aliphatic rings. The van der Waals surface area contributed by atoms with E-state index in [1.165, 1.54) is 0 Å². The number of carbonyl (C=O) groups is 1. The van der Waals surface area contributed by atoms with E-state index in [0.717, 1.165) is 24.2 Å². The minimum atomic E-state index is 0.121. The first-order valence-electron chi connectivity index (χ1n) is 5.10. The third-order valence-electron chi connectivity index (χ3n) is 3.07. The number of hydrogen-bond acceptors (Lipinski definition) is 3. The van der Waals surface area contributed by atoms with Gasteiger partial charge in [-0.15, -0.1) is 0 Å². The van der Waals surface area contributed by atoms with Crippen LogP contribution in [0.15, 0.2) is 18.2 Å². The molecule has 1 saturated heterocycles. The summed E-state index contributed by atoms with van der Waals surface area (Å²) in [5, 5.41) is 12.5. The molecule has 4 heteroatoms. The lowest BCUT2D eigenvalue weighted by atomic mass is 10.1. The Hall–Kier alpha value is -1.55. The number of amides is 1. The molecule has 0 radical (unpaired) electrons. The molecule has 4 nitrogen and oxygen atoms in total. The number of piperazine rings is 1. The van der Waals surface area contributed by atoms with Crippen molar-refractivity contribution in [2.75, 3.05) is 18.0 Å². The summed E-state index contributed by atoms with van der Waals surface area (Å²) in [6, 6.07) is 5.44. The zero-order valence-electron chi connectivity index (χ0n) is 8.23. The van der Waals surface area contributed by atoms with E-state index < -0.39 is 0 Å². The van der Waals surface area contributed by atoms with Crippen LogP contribution < -0.4 is 10.2 Å². The van der Waals surface area contributed by atoms with E-state index in [9.17, 15) is 9.90 Å². The number of nitrogens with zero attached hydrogens (tertiary/aromatic N) is 1. The summed E-state index contributed by atoms with van der Waals surface area (Å²) in [7, 11) is 0. The first-order valence-corrected chi connectivity index (χ1v) is 5.10. The molecule has 1 aromatic rings. The van der Waals surface area contributed by atoms with Gasteiger partial charge >= 0.3 is 0 Å². The quantitative estimate of drug-likeness (QED) is 0.637. The summed E-state index contributed by atoms with van der Waals surface area (Å²) >= 11 is 0. The highest BCUT2D eigenvalue weighted by Crippen LogP contribution is 2.35. The number of benzene rings is 1. The van der Waals surface area contributed by atoms with Gasteiger partial charge < -0.3 is 15.3 Å². The van der Waals surface area contributed by atoms with Gasteiger partial charge in [0.1, 0.15) is 5.75 Å². The van der Waals surface area contributed by atoms with E-state index in [1.807, 2.05) is 11.0 Å². The van der Waals surface area contributed by atoms with Crippen molar-refractivity contribution in [1.82, 2.24) is 5.32 Å². The molecule has 2 N–H and O–H groups in total. The van der Waals surface area contributed by atoms with Gasteiger partial charge in [-0.2, -0.15) is 0 Å². The molecule has 1 amide bonds. The van der Waals surface area contributed by atoms with E-state index in [-0.39, 0.29) is 17.7 Å². The minimum Gasteiger partial charge on any atom is -0.508 e. The molecule has 1 aromatic carbocycles. The number of phenols is 1. The largest absolute Gasteiger partial charge is 0.508 e. The minimum absolute atomic E-state index is 0.121. The van der Waals surface area contributed by atoms with Crippen LogP contribution in [0.2, 0.25) is 0 Å². The van der Waals surface area contributed by atoms with Gasteiger partial charge in [0.2, 0.25) is 5.91 Å². The number of carbonyl (C=O) groups excluding carboxylic acids is 1. The van der Waals surface area contributed by atoms with Crippen molar-refractivity contribution in [1.29, 1.82) is 0 Å². The summed E-state index contributed by atoms with van der Waals surface area (Å²) in [5.74, 6) is 0.393. The molecule has 0 saturated carbocycles. The molecular formula is C11H12N2O2. The van der Waals surface area contributed by atoms with Crippen LogP contribution in [-0.4, -0.2) is 30.1 Å². The molecule has 0 aromatic heterocycles. The number of fused-ring (bicyclic) bond motifs is 3. The van der Waals surface area contributed by atoms with Gasteiger partial charge in [0.25, 0.3) is 0 Å². The Morgan fingerprint density at radius 3 is 3.20 bits per heavy atom. The van der Waals surface area contributed by atoms with Crippen LogP contribution in [0.5, 0.6) is 5.75 Å². The van der Waals surface area contributed by atoms with Gasteiger partial charge in [0, 0.05) is 12.2 Å². The van der Waals surface area contributed by atoms with E-state index in [2.05, 4.69) is 5.32 Å². The highest BCUT2D eigenvalue weighted by molar-refractivity contribution is 5.98. The highest BCUT2D eigenvalue weighted by Gasteiger charge is 2.36. The number of hydrogen-bond donors (Lipinski definition) is 2. The van der Waals surface area contributed by atoms with Gasteiger partial charge in [-0.1, -0.05) is 0 Å². The van der Waals surface area contributed by atoms with Crippen LogP contribution in [0.3, 0.4) is 0 Å². The molecule has 2 heterocycles. The lowest BCUT2D eigenvalue weighted by Gasteiger charge is -2.30. The molecule has 1 fully saturated rings. The first-order chi connectivity index (χ1) is 7.25. The summed E-state index contributed by atoms with van der Waals surface area (Å²) in [6.45, 7) is 1.25. The maximum atomic E-state index is 11.7. The number of anilines is 1. The van der Waals surface area contributed by atoms with E-state index >= 15 is 0 Å². The zero-order valence-corrected chi connectivity index (χ0v) is 8.23.